The summed E-state index contributed by atoms with van der Waals surface area (Å²) < 4.78 is 13.9. The van der Waals surface area contributed by atoms with Gasteiger partial charge in [0.05, 0.1) is 5.56 Å². The van der Waals surface area contributed by atoms with Crippen molar-refractivity contribution in [1.29, 1.82) is 0 Å². The molecule has 0 radical (unpaired) electrons. The van der Waals surface area contributed by atoms with Crippen LogP contribution in [0.15, 0.2) is 18.2 Å². The van der Waals surface area contributed by atoms with Crippen LogP contribution in [0, 0.1) is 9.39 Å². The number of carbonyl (C=O) groups excluding carboxylic acids is 1. The first-order valence-corrected chi connectivity index (χ1v) is 6.47. The zero-order valence-corrected chi connectivity index (χ0v) is 11.9. The van der Waals surface area contributed by atoms with Crippen LogP contribution in [0.1, 0.15) is 10.4 Å². The maximum Gasteiger partial charge on any atom is 0.255 e. The highest BCUT2D eigenvalue weighted by Gasteiger charge is 2.33. The molecule has 1 heterocycles. The Kier molecular flexibility index (Phi) is 3.67. The van der Waals surface area contributed by atoms with E-state index in [1.54, 1.807) is 11.0 Å². The number of hydrogen-bond donors (Lipinski definition) is 0. The topological polar surface area (TPSA) is 23.6 Å². The van der Waals surface area contributed by atoms with Gasteiger partial charge in [-0.05, 0) is 54.9 Å². The average Bonchev–Trinajstić information content (AvgIpc) is 2.18. The normalized spacial score (nSPS) is 16.2. The van der Waals surface area contributed by atoms with Gasteiger partial charge in [0.25, 0.3) is 5.91 Å². The first-order valence-electron chi connectivity index (χ1n) is 5.40. The second-order valence-corrected chi connectivity index (χ2v) is 5.61. The number of hydrogen-bond acceptors (Lipinski definition) is 2. The van der Waals surface area contributed by atoms with Gasteiger partial charge in [-0.25, -0.2) is 4.39 Å². The van der Waals surface area contributed by atoms with Crippen LogP contribution in [0.4, 0.5) is 4.39 Å². The number of rotatable bonds is 2. The summed E-state index contributed by atoms with van der Waals surface area (Å²) in [5.41, 5.74) is 0.461. The average molecular weight is 348 g/mol. The number of nitrogens with zero attached hydrogens (tertiary/aromatic N) is 2. The van der Waals surface area contributed by atoms with Gasteiger partial charge < -0.3 is 9.80 Å². The fourth-order valence-electron chi connectivity index (χ4n) is 1.78. The van der Waals surface area contributed by atoms with Gasteiger partial charge in [0.2, 0.25) is 0 Å². The SMILES string of the molecule is CN(C)C1CN(C(=O)c2cc(F)ccc2I)C1. The van der Waals surface area contributed by atoms with Crippen LogP contribution in [0.5, 0.6) is 0 Å². The van der Waals surface area contributed by atoms with E-state index in [0.717, 1.165) is 16.7 Å². The fourth-order valence-corrected chi connectivity index (χ4v) is 2.35. The highest BCUT2D eigenvalue weighted by molar-refractivity contribution is 14.1. The third-order valence-corrected chi connectivity index (χ3v) is 3.98. The predicted molar refractivity (Wildman–Crippen MR) is 72.5 cm³/mol. The molecule has 3 nitrogen and oxygen atoms in total. The van der Waals surface area contributed by atoms with Crippen LogP contribution in [0.25, 0.3) is 0 Å². The van der Waals surface area contributed by atoms with Gasteiger partial charge in [-0.1, -0.05) is 0 Å². The van der Waals surface area contributed by atoms with E-state index in [4.69, 9.17) is 0 Å². The van der Waals surface area contributed by atoms with Crippen LogP contribution in [-0.2, 0) is 0 Å². The summed E-state index contributed by atoms with van der Waals surface area (Å²) in [6.45, 7) is 1.44. The van der Waals surface area contributed by atoms with Crippen molar-refractivity contribution >= 4 is 28.5 Å². The van der Waals surface area contributed by atoms with Gasteiger partial charge in [-0.2, -0.15) is 0 Å². The highest BCUT2D eigenvalue weighted by atomic mass is 127. The molecule has 1 amide bonds. The molecular formula is C12H14FIN2O. The Morgan fingerprint density at radius 1 is 1.47 bits per heavy atom. The minimum Gasteiger partial charge on any atom is -0.335 e. The van der Waals surface area contributed by atoms with Crippen molar-refractivity contribution in [2.45, 2.75) is 6.04 Å². The van der Waals surface area contributed by atoms with Crippen molar-refractivity contribution in [2.24, 2.45) is 0 Å². The van der Waals surface area contributed by atoms with E-state index in [1.165, 1.54) is 12.1 Å². The third kappa shape index (κ3) is 2.60. The quantitative estimate of drug-likeness (QED) is 0.762. The van der Waals surface area contributed by atoms with Crippen LogP contribution in [0.2, 0.25) is 0 Å². The van der Waals surface area contributed by atoms with Gasteiger partial charge in [-0.15, -0.1) is 0 Å². The molecule has 1 fully saturated rings. The monoisotopic (exact) mass is 348 g/mol. The summed E-state index contributed by atoms with van der Waals surface area (Å²) in [4.78, 5) is 16.0. The zero-order valence-electron chi connectivity index (χ0n) is 9.78. The number of likely N-dealkylation sites (N-methyl/N-ethyl adjacent to an activating group) is 1. The maximum atomic E-state index is 13.1. The van der Waals surface area contributed by atoms with Crippen LogP contribution < -0.4 is 0 Å². The molecule has 0 aliphatic carbocycles. The van der Waals surface area contributed by atoms with Crippen molar-refractivity contribution in [3.05, 3.63) is 33.1 Å². The molecule has 92 valence electrons. The summed E-state index contributed by atoms with van der Waals surface area (Å²) in [7, 11) is 4.00. The first-order chi connectivity index (χ1) is 7.99. The lowest BCUT2D eigenvalue weighted by Gasteiger charge is -2.42. The fraction of sp³-hybridized carbons (Fsp3) is 0.417. The molecule has 17 heavy (non-hydrogen) atoms. The molecule has 1 aliphatic heterocycles. The molecule has 0 saturated carbocycles. The van der Waals surface area contributed by atoms with Crippen LogP contribution in [-0.4, -0.2) is 48.9 Å². The minimum atomic E-state index is -0.363. The van der Waals surface area contributed by atoms with E-state index in [-0.39, 0.29) is 11.7 Å². The molecular weight excluding hydrogens is 334 g/mol. The smallest absolute Gasteiger partial charge is 0.255 e. The molecule has 0 aromatic heterocycles. The van der Waals surface area contributed by atoms with Crippen molar-refractivity contribution in [2.75, 3.05) is 27.2 Å². The van der Waals surface area contributed by atoms with Gasteiger partial charge >= 0.3 is 0 Å². The van der Waals surface area contributed by atoms with Crippen LogP contribution in [0.3, 0.4) is 0 Å². The van der Waals surface area contributed by atoms with Crippen LogP contribution >= 0.6 is 22.6 Å². The summed E-state index contributed by atoms with van der Waals surface area (Å²) in [6, 6.07) is 4.74. The summed E-state index contributed by atoms with van der Waals surface area (Å²) >= 11 is 2.06. The Morgan fingerprint density at radius 2 is 2.12 bits per heavy atom. The first kappa shape index (κ1) is 12.8. The molecule has 2 rings (SSSR count). The van der Waals surface area contributed by atoms with Gasteiger partial charge in [-0.3, -0.25) is 4.79 Å². The molecule has 0 atom stereocenters. The second kappa shape index (κ2) is 4.89. The molecule has 0 N–H and O–H groups in total. The Hall–Kier alpha value is -0.690. The molecule has 5 heteroatoms. The van der Waals surface area contributed by atoms with E-state index in [0.29, 0.717) is 11.6 Å². The number of amides is 1. The van der Waals surface area contributed by atoms with E-state index in [1.807, 2.05) is 14.1 Å². The Bertz CT molecular complexity index is 444. The molecule has 1 aromatic rings. The van der Waals surface area contributed by atoms with Crippen molar-refractivity contribution in [1.82, 2.24) is 9.80 Å². The number of carbonyl (C=O) groups is 1. The van der Waals surface area contributed by atoms with Gasteiger partial charge in [0.1, 0.15) is 5.82 Å². The summed E-state index contributed by atoms with van der Waals surface area (Å²) in [6.07, 6.45) is 0. The van der Waals surface area contributed by atoms with E-state index in [9.17, 15) is 9.18 Å². The Morgan fingerprint density at radius 3 is 2.71 bits per heavy atom. The van der Waals surface area contributed by atoms with Crippen molar-refractivity contribution < 1.29 is 9.18 Å². The van der Waals surface area contributed by atoms with E-state index < -0.39 is 0 Å². The van der Waals surface area contributed by atoms with Gasteiger partial charge in [0.15, 0.2) is 0 Å². The molecule has 1 aliphatic rings. The van der Waals surface area contributed by atoms with E-state index >= 15 is 0 Å². The van der Waals surface area contributed by atoms with Gasteiger partial charge in [0, 0.05) is 22.7 Å². The van der Waals surface area contributed by atoms with Crippen molar-refractivity contribution in [3.8, 4) is 0 Å². The predicted octanol–water partition coefficient (Wildman–Crippen LogP) is 1.82. The number of halogens is 2. The standard InChI is InChI=1S/C12H14FIN2O/c1-15(2)9-6-16(7-9)12(17)10-5-8(13)3-4-11(10)14/h3-5,9H,6-7H2,1-2H3. The second-order valence-electron chi connectivity index (χ2n) is 4.45. The minimum absolute atomic E-state index is 0.0769. The molecule has 0 bridgehead atoms. The van der Waals surface area contributed by atoms with E-state index in [2.05, 4.69) is 27.5 Å². The lowest BCUT2D eigenvalue weighted by molar-refractivity contribution is 0.0398. The maximum absolute atomic E-state index is 13.1. The van der Waals surface area contributed by atoms with Crippen molar-refractivity contribution in [3.63, 3.8) is 0 Å². The molecule has 1 aromatic carbocycles. The Labute approximate surface area is 114 Å². The zero-order chi connectivity index (χ0) is 12.6. The number of likely N-dealkylation sites (tertiary alicyclic amines) is 1. The number of benzene rings is 1. The summed E-state index contributed by atoms with van der Waals surface area (Å²) in [5.74, 6) is -0.439. The largest absolute Gasteiger partial charge is 0.335 e. The Balaban J connectivity index is 2.09. The molecule has 1 saturated heterocycles. The summed E-state index contributed by atoms with van der Waals surface area (Å²) in [5, 5.41) is 0. The molecule has 0 unspecified atom stereocenters. The third-order valence-electron chi connectivity index (χ3n) is 3.04. The molecule has 0 spiro atoms. The lowest BCUT2D eigenvalue weighted by Crippen LogP contribution is -2.59. The lowest BCUT2D eigenvalue weighted by atomic mass is 10.1. The highest BCUT2D eigenvalue weighted by Crippen LogP contribution is 2.20.